The van der Waals surface area contributed by atoms with Gasteiger partial charge in [0.1, 0.15) is 0 Å². The van der Waals surface area contributed by atoms with Crippen LogP contribution >= 0.6 is 0 Å². The Kier molecular flexibility index (Phi) is 5.41. The molecule has 0 bridgehead atoms. The number of ether oxygens (including phenoxy) is 1. The first-order valence-electron chi connectivity index (χ1n) is 7.32. The van der Waals surface area contributed by atoms with Crippen LogP contribution in [0.25, 0.3) is 0 Å². The van der Waals surface area contributed by atoms with Crippen molar-refractivity contribution in [3.05, 3.63) is 53.3 Å². The fourth-order valence-electron chi connectivity index (χ4n) is 2.13. The number of carbonyl (C=O) groups is 1. The Balaban J connectivity index is 2.09. The molecular formula is C17H20FN3O2. The fraction of sp³-hybridized carbons (Fsp3) is 0.235. The van der Waals surface area contributed by atoms with Crippen molar-refractivity contribution in [2.24, 2.45) is 0 Å². The number of benzene rings is 2. The predicted octanol–water partition coefficient (Wildman–Crippen LogP) is 3.90. The van der Waals surface area contributed by atoms with E-state index in [0.717, 1.165) is 11.1 Å². The fourth-order valence-corrected chi connectivity index (χ4v) is 2.13. The molecule has 0 spiro atoms. The molecule has 0 fully saturated rings. The van der Waals surface area contributed by atoms with Crippen molar-refractivity contribution in [3.8, 4) is 0 Å². The maximum atomic E-state index is 14.3. The number of nitrogens with one attached hydrogen (secondary N) is 2. The van der Waals surface area contributed by atoms with Gasteiger partial charge in [-0.1, -0.05) is 29.8 Å². The minimum atomic E-state index is -0.668. The summed E-state index contributed by atoms with van der Waals surface area (Å²) in [5.74, 6) is -0.605. The van der Waals surface area contributed by atoms with E-state index in [1.54, 1.807) is 6.92 Å². The van der Waals surface area contributed by atoms with Crippen LogP contribution in [0, 0.1) is 12.7 Å². The summed E-state index contributed by atoms with van der Waals surface area (Å²) >= 11 is 0. The number of aryl methyl sites for hydroxylation is 1. The molecule has 2 aromatic carbocycles. The van der Waals surface area contributed by atoms with Crippen LogP contribution in [0.5, 0.6) is 0 Å². The molecule has 6 heteroatoms. The van der Waals surface area contributed by atoms with Crippen molar-refractivity contribution >= 4 is 23.2 Å². The van der Waals surface area contributed by atoms with Crippen LogP contribution in [-0.4, -0.2) is 12.7 Å². The van der Waals surface area contributed by atoms with Gasteiger partial charge in [-0.15, -0.1) is 0 Å². The average molecular weight is 317 g/mol. The normalized spacial score (nSPS) is 10.2. The van der Waals surface area contributed by atoms with Crippen LogP contribution in [0.1, 0.15) is 18.1 Å². The summed E-state index contributed by atoms with van der Waals surface area (Å²) in [6.07, 6.45) is -0.668. The van der Waals surface area contributed by atoms with Crippen LogP contribution in [0.2, 0.25) is 0 Å². The summed E-state index contributed by atoms with van der Waals surface area (Å²) in [6.45, 7) is 4.38. The van der Waals surface area contributed by atoms with Gasteiger partial charge in [0, 0.05) is 6.54 Å². The molecular weight excluding hydrogens is 297 g/mol. The number of rotatable bonds is 5. The quantitative estimate of drug-likeness (QED) is 0.731. The van der Waals surface area contributed by atoms with E-state index in [4.69, 9.17) is 10.5 Å². The lowest BCUT2D eigenvalue weighted by Crippen LogP contribution is -2.15. The van der Waals surface area contributed by atoms with Crippen molar-refractivity contribution in [2.75, 3.05) is 23.0 Å². The SMILES string of the molecule is CCOC(=O)Nc1ccc(NCc2cccc(C)c2)c(F)c1N. The highest BCUT2D eigenvalue weighted by atomic mass is 19.1. The van der Waals surface area contributed by atoms with Gasteiger partial charge in [-0.05, 0) is 31.5 Å². The summed E-state index contributed by atoms with van der Waals surface area (Å²) in [5.41, 5.74) is 8.24. The molecule has 1 amide bonds. The van der Waals surface area contributed by atoms with Crippen LogP contribution in [0.15, 0.2) is 36.4 Å². The molecule has 4 N–H and O–H groups in total. The van der Waals surface area contributed by atoms with Crippen molar-refractivity contribution in [1.82, 2.24) is 0 Å². The molecule has 23 heavy (non-hydrogen) atoms. The lowest BCUT2D eigenvalue weighted by Gasteiger charge is -2.13. The number of anilines is 3. The van der Waals surface area contributed by atoms with Crippen LogP contribution < -0.4 is 16.4 Å². The van der Waals surface area contributed by atoms with Gasteiger partial charge in [-0.25, -0.2) is 9.18 Å². The van der Waals surface area contributed by atoms with Crippen LogP contribution in [0.3, 0.4) is 0 Å². The molecule has 0 aliphatic rings. The van der Waals surface area contributed by atoms with Crippen molar-refractivity contribution in [2.45, 2.75) is 20.4 Å². The molecule has 5 nitrogen and oxygen atoms in total. The standard InChI is InChI=1S/C17H20FN3O2/c1-3-23-17(22)21-14-8-7-13(15(18)16(14)19)20-10-12-6-4-5-11(2)9-12/h4-9,20H,3,10,19H2,1-2H3,(H,21,22). The molecule has 122 valence electrons. The first kappa shape index (κ1) is 16.6. The third-order valence-corrected chi connectivity index (χ3v) is 3.26. The lowest BCUT2D eigenvalue weighted by atomic mass is 10.1. The summed E-state index contributed by atoms with van der Waals surface area (Å²) in [4.78, 5) is 11.4. The Morgan fingerprint density at radius 2 is 2.00 bits per heavy atom. The minimum Gasteiger partial charge on any atom is -0.450 e. The lowest BCUT2D eigenvalue weighted by molar-refractivity contribution is 0.168. The van der Waals surface area contributed by atoms with E-state index < -0.39 is 11.9 Å². The molecule has 0 saturated carbocycles. The van der Waals surface area contributed by atoms with E-state index in [-0.39, 0.29) is 23.7 Å². The summed E-state index contributed by atoms with van der Waals surface area (Å²) in [7, 11) is 0. The largest absolute Gasteiger partial charge is 0.450 e. The van der Waals surface area contributed by atoms with Gasteiger partial charge >= 0.3 is 6.09 Å². The molecule has 0 heterocycles. The number of nitrogen functional groups attached to an aromatic ring is 1. The van der Waals surface area contributed by atoms with E-state index in [0.29, 0.717) is 6.54 Å². The zero-order chi connectivity index (χ0) is 16.8. The summed E-state index contributed by atoms with van der Waals surface area (Å²) < 4.78 is 19.0. The molecule has 0 aliphatic carbocycles. The molecule has 0 aromatic heterocycles. The maximum absolute atomic E-state index is 14.3. The second-order valence-electron chi connectivity index (χ2n) is 5.08. The number of hydrogen-bond donors (Lipinski definition) is 3. The van der Waals surface area contributed by atoms with Crippen molar-refractivity contribution in [3.63, 3.8) is 0 Å². The average Bonchev–Trinajstić information content (AvgIpc) is 2.51. The summed E-state index contributed by atoms with van der Waals surface area (Å²) in [6, 6.07) is 11.0. The molecule has 0 radical (unpaired) electrons. The zero-order valence-electron chi connectivity index (χ0n) is 13.2. The van der Waals surface area contributed by atoms with Gasteiger partial charge in [0.25, 0.3) is 0 Å². The molecule has 2 rings (SSSR count). The maximum Gasteiger partial charge on any atom is 0.411 e. The Morgan fingerprint density at radius 1 is 1.26 bits per heavy atom. The Hall–Kier alpha value is -2.76. The highest BCUT2D eigenvalue weighted by Crippen LogP contribution is 2.28. The first-order valence-corrected chi connectivity index (χ1v) is 7.32. The smallest absolute Gasteiger partial charge is 0.411 e. The van der Waals surface area contributed by atoms with Crippen LogP contribution in [-0.2, 0) is 11.3 Å². The third-order valence-electron chi connectivity index (χ3n) is 3.26. The second-order valence-corrected chi connectivity index (χ2v) is 5.08. The van der Waals surface area contributed by atoms with Gasteiger partial charge < -0.3 is 15.8 Å². The van der Waals surface area contributed by atoms with Gasteiger partial charge in [-0.3, -0.25) is 5.32 Å². The Bertz CT molecular complexity index is 704. The van der Waals surface area contributed by atoms with Crippen molar-refractivity contribution in [1.29, 1.82) is 0 Å². The number of hydrogen-bond acceptors (Lipinski definition) is 4. The van der Waals surface area contributed by atoms with E-state index in [2.05, 4.69) is 10.6 Å². The third kappa shape index (κ3) is 4.35. The van der Waals surface area contributed by atoms with E-state index in [9.17, 15) is 9.18 Å². The predicted molar refractivity (Wildman–Crippen MR) is 90.0 cm³/mol. The van der Waals surface area contributed by atoms with E-state index in [1.165, 1.54) is 12.1 Å². The molecule has 0 unspecified atom stereocenters. The summed E-state index contributed by atoms with van der Waals surface area (Å²) in [5, 5.41) is 5.41. The number of amides is 1. The van der Waals surface area contributed by atoms with Crippen molar-refractivity contribution < 1.29 is 13.9 Å². The van der Waals surface area contributed by atoms with Gasteiger partial charge in [0.15, 0.2) is 5.82 Å². The highest BCUT2D eigenvalue weighted by molar-refractivity contribution is 5.90. The van der Waals surface area contributed by atoms with Gasteiger partial charge in [0.05, 0.1) is 23.7 Å². The monoisotopic (exact) mass is 317 g/mol. The minimum absolute atomic E-state index is 0.132. The number of nitrogens with two attached hydrogens (primary N) is 1. The molecule has 0 saturated heterocycles. The van der Waals surface area contributed by atoms with Gasteiger partial charge in [-0.2, -0.15) is 0 Å². The van der Waals surface area contributed by atoms with E-state index >= 15 is 0 Å². The Morgan fingerprint density at radius 3 is 2.70 bits per heavy atom. The van der Waals surface area contributed by atoms with E-state index in [1.807, 2.05) is 31.2 Å². The highest BCUT2D eigenvalue weighted by Gasteiger charge is 2.13. The second kappa shape index (κ2) is 7.49. The zero-order valence-corrected chi connectivity index (χ0v) is 13.2. The molecule has 2 aromatic rings. The topological polar surface area (TPSA) is 76.4 Å². The number of halogens is 1. The number of carbonyl (C=O) groups excluding carboxylic acids is 1. The van der Waals surface area contributed by atoms with Gasteiger partial charge in [0.2, 0.25) is 0 Å². The first-order chi connectivity index (χ1) is 11.0. The Labute approximate surface area is 134 Å². The molecule has 0 aliphatic heterocycles. The molecule has 0 atom stereocenters. The van der Waals surface area contributed by atoms with Crippen LogP contribution in [0.4, 0.5) is 26.2 Å².